The van der Waals surface area contributed by atoms with Crippen molar-refractivity contribution in [3.63, 3.8) is 0 Å². The van der Waals surface area contributed by atoms with E-state index in [0.717, 1.165) is 43.8 Å². The standard InChI is InChI=1S/C25H24F4N4O2.2ClH/c1-15-19(7-8-21(26)30-15)20-13-33(23(35)31-22(20)34)10-2-9-32-12-18-11-24(18,14-32)16-3-5-17(6-4-16)25(27,28)29;;/h3-8,13,18H,2,9-12,14H2,1H3,(H,31,34,35);2*1H/t18-,24+;;/m0../s1. The number of benzene rings is 1. The molecular weight excluding hydrogens is 535 g/mol. The van der Waals surface area contributed by atoms with Crippen LogP contribution >= 0.6 is 24.8 Å². The van der Waals surface area contributed by atoms with Gasteiger partial charge in [0.15, 0.2) is 0 Å². The summed E-state index contributed by atoms with van der Waals surface area (Å²) < 4.78 is 53.4. The van der Waals surface area contributed by atoms with Gasteiger partial charge < -0.3 is 4.90 Å². The molecule has 1 saturated carbocycles. The molecule has 1 N–H and O–H groups in total. The molecule has 1 aromatic carbocycles. The summed E-state index contributed by atoms with van der Waals surface area (Å²) in [4.78, 5) is 33.0. The van der Waals surface area contributed by atoms with E-state index in [1.165, 1.54) is 22.9 Å². The Balaban J connectivity index is 0.00000190. The second-order valence-electron chi connectivity index (χ2n) is 9.48. The number of nitrogens with one attached hydrogen (secondary N) is 1. The normalized spacial score (nSPS) is 20.6. The monoisotopic (exact) mass is 560 g/mol. The van der Waals surface area contributed by atoms with Crippen LogP contribution in [0, 0.1) is 18.8 Å². The molecule has 3 aromatic rings. The first kappa shape index (κ1) is 28.9. The van der Waals surface area contributed by atoms with Crippen LogP contribution in [0.1, 0.15) is 29.7 Å². The number of alkyl halides is 3. The van der Waals surface area contributed by atoms with Gasteiger partial charge in [-0.15, -0.1) is 24.8 Å². The zero-order valence-corrected chi connectivity index (χ0v) is 21.5. The second-order valence-corrected chi connectivity index (χ2v) is 9.48. The Morgan fingerprint density at radius 2 is 1.76 bits per heavy atom. The summed E-state index contributed by atoms with van der Waals surface area (Å²) in [6.45, 7) is 4.34. The summed E-state index contributed by atoms with van der Waals surface area (Å²) in [6, 6.07) is 8.14. The van der Waals surface area contributed by atoms with Gasteiger partial charge in [-0.1, -0.05) is 12.1 Å². The van der Waals surface area contributed by atoms with E-state index < -0.39 is 28.9 Å². The molecule has 3 heterocycles. The van der Waals surface area contributed by atoms with Gasteiger partial charge in [0, 0.05) is 42.5 Å². The zero-order chi connectivity index (χ0) is 25.0. The topological polar surface area (TPSA) is 71.0 Å². The highest BCUT2D eigenvalue weighted by Crippen LogP contribution is 2.59. The van der Waals surface area contributed by atoms with Gasteiger partial charge in [0.1, 0.15) is 0 Å². The maximum absolute atomic E-state index is 13.4. The predicted octanol–water partition coefficient (Wildman–Crippen LogP) is 4.57. The van der Waals surface area contributed by atoms with E-state index >= 15 is 0 Å². The third-order valence-corrected chi connectivity index (χ3v) is 7.23. The van der Waals surface area contributed by atoms with Gasteiger partial charge >= 0.3 is 11.9 Å². The number of H-pyrrole nitrogens is 1. The number of aryl methyl sites for hydroxylation is 2. The summed E-state index contributed by atoms with van der Waals surface area (Å²) in [5, 5.41) is 0. The number of nitrogens with zero attached hydrogens (tertiary/aromatic N) is 3. The van der Waals surface area contributed by atoms with Gasteiger partial charge in [0.25, 0.3) is 5.56 Å². The molecule has 200 valence electrons. The molecule has 1 aliphatic heterocycles. The van der Waals surface area contributed by atoms with E-state index in [9.17, 15) is 27.2 Å². The van der Waals surface area contributed by atoms with E-state index in [-0.39, 0.29) is 35.8 Å². The maximum atomic E-state index is 13.4. The van der Waals surface area contributed by atoms with Crippen molar-refractivity contribution in [1.29, 1.82) is 0 Å². The van der Waals surface area contributed by atoms with E-state index in [1.54, 1.807) is 19.1 Å². The quantitative estimate of drug-likeness (QED) is 0.354. The summed E-state index contributed by atoms with van der Waals surface area (Å²) in [5.41, 5.74) is 0.213. The van der Waals surface area contributed by atoms with Gasteiger partial charge in [0.05, 0.1) is 11.1 Å². The van der Waals surface area contributed by atoms with Gasteiger partial charge in [-0.2, -0.15) is 17.6 Å². The van der Waals surface area contributed by atoms with Crippen molar-refractivity contribution in [2.75, 3.05) is 19.6 Å². The van der Waals surface area contributed by atoms with Crippen LogP contribution in [-0.4, -0.2) is 39.1 Å². The smallest absolute Gasteiger partial charge is 0.302 e. The lowest BCUT2D eigenvalue weighted by Gasteiger charge is -2.21. The highest BCUT2D eigenvalue weighted by Gasteiger charge is 2.60. The Morgan fingerprint density at radius 3 is 2.41 bits per heavy atom. The van der Waals surface area contributed by atoms with Crippen molar-refractivity contribution >= 4 is 24.8 Å². The lowest BCUT2D eigenvalue weighted by molar-refractivity contribution is -0.137. The second kappa shape index (κ2) is 10.6. The maximum Gasteiger partial charge on any atom is 0.416 e. The van der Waals surface area contributed by atoms with Gasteiger partial charge in [-0.05, 0) is 62.1 Å². The Hall–Kier alpha value is -2.69. The summed E-state index contributed by atoms with van der Waals surface area (Å²) in [6.07, 6.45) is -1.23. The molecule has 0 bridgehead atoms. The van der Waals surface area contributed by atoms with Crippen LogP contribution in [0.5, 0.6) is 0 Å². The summed E-state index contributed by atoms with van der Waals surface area (Å²) >= 11 is 0. The van der Waals surface area contributed by atoms with E-state index in [0.29, 0.717) is 30.1 Å². The molecule has 12 heteroatoms. The van der Waals surface area contributed by atoms with Crippen LogP contribution in [0.3, 0.4) is 0 Å². The molecule has 2 fully saturated rings. The minimum atomic E-state index is -4.34. The van der Waals surface area contributed by atoms with E-state index in [1.807, 2.05) is 0 Å². The van der Waals surface area contributed by atoms with Crippen molar-refractivity contribution in [2.45, 2.75) is 37.9 Å². The minimum Gasteiger partial charge on any atom is -0.302 e. The van der Waals surface area contributed by atoms with E-state index in [4.69, 9.17) is 0 Å². The average Bonchev–Trinajstić information content (AvgIpc) is 3.36. The summed E-state index contributed by atoms with van der Waals surface area (Å²) in [7, 11) is 0. The SMILES string of the molecule is Cc1nc(F)ccc1-c1cn(CCCN2C[C@@H]3C[C@]3(c3ccc(C(F)(F)F)cc3)C2)c(=O)[nH]c1=O.Cl.Cl. The van der Waals surface area contributed by atoms with Crippen LogP contribution in [0.4, 0.5) is 17.6 Å². The molecular formula is C25H26Cl2F4N4O2. The highest BCUT2D eigenvalue weighted by molar-refractivity contribution is 5.85. The Bertz CT molecular complexity index is 1390. The Kier molecular flexibility index (Phi) is 8.26. The van der Waals surface area contributed by atoms with Crippen LogP contribution in [0.2, 0.25) is 0 Å². The number of hydrogen-bond donors (Lipinski definition) is 1. The molecule has 1 saturated heterocycles. The van der Waals surface area contributed by atoms with Crippen molar-refractivity contribution in [2.24, 2.45) is 5.92 Å². The first-order valence-corrected chi connectivity index (χ1v) is 11.4. The van der Waals surface area contributed by atoms with Gasteiger partial charge in [-0.25, -0.2) is 9.78 Å². The third-order valence-electron chi connectivity index (χ3n) is 7.23. The number of fused-ring (bicyclic) bond motifs is 1. The molecule has 2 atom stereocenters. The zero-order valence-electron chi connectivity index (χ0n) is 19.8. The number of aromatic amines is 1. The van der Waals surface area contributed by atoms with E-state index in [2.05, 4.69) is 14.9 Å². The number of piperidine rings is 1. The Labute approximate surface area is 222 Å². The molecule has 1 aliphatic carbocycles. The highest BCUT2D eigenvalue weighted by atomic mass is 35.5. The largest absolute Gasteiger partial charge is 0.416 e. The van der Waals surface area contributed by atoms with Crippen molar-refractivity contribution in [1.82, 2.24) is 19.4 Å². The van der Waals surface area contributed by atoms with Crippen molar-refractivity contribution < 1.29 is 17.6 Å². The molecule has 0 unspecified atom stereocenters. The molecule has 0 spiro atoms. The molecule has 2 aliphatic rings. The average molecular weight is 561 g/mol. The van der Waals surface area contributed by atoms with Gasteiger partial charge in [0.2, 0.25) is 5.95 Å². The lowest BCUT2D eigenvalue weighted by atomic mass is 9.94. The van der Waals surface area contributed by atoms with Crippen LogP contribution in [0.15, 0.2) is 52.2 Å². The first-order valence-electron chi connectivity index (χ1n) is 11.4. The van der Waals surface area contributed by atoms with Crippen LogP contribution < -0.4 is 11.2 Å². The molecule has 5 rings (SSSR count). The molecule has 6 nitrogen and oxygen atoms in total. The number of rotatable bonds is 6. The molecule has 0 amide bonds. The van der Waals surface area contributed by atoms with Crippen LogP contribution in [0.25, 0.3) is 11.1 Å². The Morgan fingerprint density at radius 1 is 1.05 bits per heavy atom. The third kappa shape index (κ3) is 5.61. The minimum absolute atomic E-state index is 0. The van der Waals surface area contributed by atoms with Gasteiger partial charge in [-0.3, -0.25) is 14.3 Å². The molecule has 2 aromatic heterocycles. The fraction of sp³-hybridized carbons (Fsp3) is 0.400. The number of hydrogen-bond acceptors (Lipinski definition) is 4. The fourth-order valence-electron chi connectivity index (χ4n) is 5.34. The number of likely N-dealkylation sites (tertiary alicyclic amines) is 1. The van der Waals surface area contributed by atoms with Crippen molar-refractivity contribution in [3.8, 4) is 11.1 Å². The number of aromatic nitrogens is 3. The summed E-state index contributed by atoms with van der Waals surface area (Å²) in [5.74, 6) is -0.218. The lowest BCUT2D eigenvalue weighted by Crippen LogP contribution is -2.32. The fourth-order valence-corrected chi connectivity index (χ4v) is 5.34. The predicted molar refractivity (Wildman–Crippen MR) is 136 cm³/mol. The van der Waals surface area contributed by atoms with Crippen LogP contribution in [-0.2, 0) is 18.1 Å². The first-order chi connectivity index (χ1) is 16.6. The molecule has 0 radical (unpaired) electrons. The number of halogens is 6. The molecule has 37 heavy (non-hydrogen) atoms. The number of pyridine rings is 1. The van der Waals surface area contributed by atoms with Crippen molar-refractivity contribution in [3.05, 3.63) is 86.2 Å².